The number of nitrogens with two attached hydrogens (primary N) is 1. The van der Waals surface area contributed by atoms with E-state index in [0.29, 0.717) is 23.7 Å². The molecule has 2 fully saturated rings. The van der Waals surface area contributed by atoms with Crippen LogP contribution in [-0.2, 0) is 4.79 Å². The normalized spacial score (nSPS) is 35.9. The summed E-state index contributed by atoms with van der Waals surface area (Å²) in [6.07, 6.45) is 5.85. The van der Waals surface area contributed by atoms with E-state index in [-0.39, 0.29) is 6.04 Å². The molecular weight excluding hydrogens is 212 g/mol. The van der Waals surface area contributed by atoms with Crippen molar-refractivity contribution < 1.29 is 4.79 Å². The average molecular weight is 238 g/mol. The highest BCUT2D eigenvalue weighted by molar-refractivity contribution is 5.79. The van der Waals surface area contributed by atoms with Gasteiger partial charge in [0.1, 0.15) is 0 Å². The molecule has 0 spiro atoms. The zero-order valence-corrected chi connectivity index (χ0v) is 11.2. The Morgan fingerprint density at radius 1 is 1.29 bits per heavy atom. The van der Waals surface area contributed by atoms with Crippen molar-refractivity contribution in [1.29, 1.82) is 0 Å². The number of rotatable bonds is 2. The van der Waals surface area contributed by atoms with Crippen LogP contribution in [0.5, 0.6) is 0 Å². The highest BCUT2D eigenvalue weighted by Crippen LogP contribution is 2.33. The van der Waals surface area contributed by atoms with E-state index in [1.54, 1.807) is 0 Å². The molecule has 2 rings (SSSR count). The third-order valence-corrected chi connectivity index (χ3v) is 4.69. The van der Waals surface area contributed by atoms with Gasteiger partial charge in [-0.15, -0.1) is 0 Å². The average Bonchev–Trinajstić information content (AvgIpc) is 2.74. The lowest BCUT2D eigenvalue weighted by molar-refractivity contribution is -0.138. The van der Waals surface area contributed by atoms with E-state index in [0.717, 1.165) is 25.9 Å². The zero-order valence-electron chi connectivity index (χ0n) is 11.2. The topological polar surface area (TPSA) is 46.3 Å². The Kier molecular flexibility index (Phi) is 4.08. The molecule has 1 saturated heterocycles. The quantitative estimate of drug-likeness (QED) is 0.800. The summed E-state index contributed by atoms with van der Waals surface area (Å²) in [7, 11) is 0. The molecule has 1 heterocycles. The second kappa shape index (κ2) is 5.38. The van der Waals surface area contributed by atoms with Gasteiger partial charge in [0.05, 0.1) is 0 Å². The van der Waals surface area contributed by atoms with Crippen LogP contribution in [0.2, 0.25) is 0 Å². The maximum atomic E-state index is 12.5. The Labute approximate surface area is 105 Å². The lowest BCUT2D eigenvalue weighted by Gasteiger charge is -2.36. The number of amides is 1. The number of carbonyl (C=O) groups is 1. The predicted molar refractivity (Wildman–Crippen MR) is 69.5 cm³/mol. The Hall–Kier alpha value is -0.570. The van der Waals surface area contributed by atoms with Gasteiger partial charge < -0.3 is 10.6 Å². The summed E-state index contributed by atoms with van der Waals surface area (Å²) in [5, 5.41) is 0. The predicted octanol–water partition coefficient (Wildman–Crippen LogP) is 2.01. The van der Waals surface area contributed by atoms with E-state index < -0.39 is 0 Å². The van der Waals surface area contributed by atoms with Crippen LogP contribution >= 0.6 is 0 Å². The van der Waals surface area contributed by atoms with Crippen LogP contribution in [-0.4, -0.2) is 29.9 Å². The van der Waals surface area contributed by atoms with Gasteiger partial charge in [-0.3, -0.25) is 4.79 Å². The molecule has 0 aromatic carbocycles. The molecule has 3 heteroatoms. The molecule has 2 N–H and O–H groups in total. The van der Waals surface area contributed by atoms with Crippen molar-refractivity contribution in [1.82, 2.24) is 4.90 Å². The van der Waals surface area contributed by atoms with Crippen LogP contribution in [0.4, 0.5) is 0 Å². The van der Waals surface area contributed by atoms with Gasteiger partial charge in [-0.25, -0.2) is 0 Å². The number of nitrogens with zero attached hydrogens (tertiary/aromatic N) is 1. The Balaban J connectivity index is 1.94. The molecule has 1 amide bonds. The second-order valence-electron chi connectivity index (χ2n) is 6.06. The molecule has 98 valence electrons. The van der Waals surface area contributed by atoms with E-state index in [2.05, 4.69) is 18.7 Å². The molecule has 1 saturated carbocycles. The second-order valence-corrected chi connectivity index (χ2v) is 6.06. The summed E-state index contributed by atoms with van der Waals surface area (Å²) >= 11 is 0. The summed E-state index contributed by atoms with van der Waals surface area (Å²) in [5.74, 6) is 1.78. The first kappa shape index (κ1) is 12.9. The number of hydrogen-bond acceptors (Lipinski definition) is 2. The molecule has 17 heavy (non-hydrogen) atoms. The SMILES string of the molecule is CC(N)C1CCCN(C(=O)C2CCCC2C)C1. The van der Waals surface area contributed by atoms with Crippen molar-refractivity contribution in [2.45, 2.75) is 52.0 Å². The van der Waals surface area contributed by atoms with Crippen molar-refractivity contribution in [2.75, 3.05) is 13.1 Å². The van der Waals surface area contributed by atoms with E-state index in [1.807, 2.05) is 0 Å². The summed E-state index contributed by atoms with van der Waals surface area (Å²) in [6.45, 7) is 6.13. The maximum absolute atomic E-state index is 12.5. The maximum Gasteiger partial charge on any atom is 0.225 e. The fourth-order valence-electron chi connectivity index (χ4n) is 3.39. The van der Waals surface area contributed by atoms with Gasteiger partial charge in [0, 0.05) is 25.0 Å². The van der Waals surface area contributed by atoms with Gasteiger partial charge in [0.25, 0.3) is 0 Å². The molecule has 4 unspecified atom stereocenters. The standard InChI is InChI=1S/C14H26N2O/c1-10-5-3-7-13(10)14(17)16-8-4-6-12(9-16)11(2)15/h10-13H,3-9,15H2,1-2H3. The van der Waals surface area contributed by atoms with Gasteiger partial charge in [-0.1, -0.05) is 13.3 Å². The molecule has 4 atom stereocenters. The molecular formula is C14H26N2O. The molecule has 0 aromatic rings. The van der Waals surface area contributed by atoms with Gasteiger partial charge >= 0.3 is 0 Å². The Morgan fingerprint density at radius 3 is 2.65 bits per heavy atom. The minimum Gasteiger partial charge on any atom is -0.342 e. The number of hydrogen-bond donors (Lipinski definition) is 1. The minimum atomic E-state index is 0.214. The largest absolute Gasteiger partial charge is 0.342 e. The minimum absolute atomic E-state index is 0.214. The van der Waals surface area contributed by atoms with Gasteiger partial charge in [0.2, 0.25) is 5.91 Å². The third-order valence-electron chi connectivity index (χ3n) is 4.69. The van der Waals surface area contributed by atoms with Crippen LogP contribution in [0.1, 0.15) is 46.0 Å². The highest BCUT2D eigenvalue weighted by atomic mass is 16.2. The van der Waals surface area contributed by atoms with E-state index in [9.17, 15) is 4.79 Å². The molecule has 1 aliphatic heterocycles. The van der Waals surface area contributed by atoms with E-state index in [1.165, 1.54) is 19.3 Å². The van der Waals surface area contributed by atoms with Crippen LogP contribution in [0, 0.1) is 17.8 Å². The fourth-order valence-corrected chi connectivity index (χ4v) is 3.39. The van der Waals surface area contributed by atoms with Crippen LogP contribution < -0.4 is 5.73 Å². The number of piperidine rings is 1. The summed E-state index contributed by atoms with van der Waals surface area (Å²) < 4.78 is 0. The van der Waals surface area contributed by atoms with Crippen molar-refractivity contribution in [3.63, 3.8) is 0 Å². The lowest BCUT2D eigenvalue weighted by Crippen LogP contribution is -2.47. The lowest BCUT2D eigenvalue weighted by atomic mass is 9.90. The Bertz CT molecular complexity index is 277. The smallest absolute Gasteiger partial charge is 0.225 e. The summed E-state index contributed by atoms with van der Waals surface area (Å²) in [5.41, 5.74) is 5.97. The summed E-state index contributed by atoms with van der Waals surface area (Å²) in [4.78, 5) is 14.6. The van der Waals surface area contributed by atoms with Crippen molar-refractivity contribution in [2.24, 2.45) is 23.5 Å². The van der Waals surface area contributed by atoms with Gasteiger partial charge in [0.15, 0.2) is 0 Å². The first-order valence-electron chi connectivity index (χ1n) is 7.14. The number of carbonyl (C=O) groups excluding carboxylic acids is 1. The highest BCUT2D eigenvalue weighted by Gasteiger charge is 2.35. The third kappa shape index (κ3) is 2.82. The van der Waals surface area contributed by atoms with Gasteiger partial charge in [-0.05, 0) is 44.4 Å². The van der Waals surface area contributed by atoms with E-state index in [4.69, 9.17) is 5.73 Å². The molecule has 2 aliphatic rings. The first-order chi connectivity index (χ1) is 8.09. The molecule has 0 radical (unpaired) electrons. The van der Waals surface area contributed by atoms with Crippen LogP contribution in [0.15, 0.2) is 0 Å². The van der Waals surface area contributed by atoms with Crippen molar-refractivity contribution in [3.05, 3.63) is 0 Å². The molecule has 0 aromatic heterocycles. The fraction of sp³-hybridized carbons (Fsp3) is 0.929. The molecule has 1 aliphatic carbocycles. The molecule has 0 bridgehead atoms. The first-order valence-corrected chi connectivity index (χ1v) is 7.14. The monoisotopic (exact) mass is 238 g/mol. The zero-order chi connectivity index (χ0) is 12.4. The summed E-state index contributed by atoms with van der Waals surface area (Å²) in [6, 6.07) is 0.214. The Morgan fingerprint density at radius 2 is 2.06 bits per heavy atom. The van der Waals surface area contributed by atoms with Crippen molar-refractivity contribution in [3.8, 4) is 0 Å². The van der Waals surface area contributed by atoms with Crippen LogP contribution in [0.25, 0.3) is 0 Å². The van der Waals surface area contributed by atoms with E-state index >= 15 is 0 Å². The van der Waals surface area contributed by atoms with Crippen LogP contribution in [0.3, 0.4) is 0 Å². The van der Waals surface area contributed by atoms with Gasteiger partial charge in [-0.2, -0.15) is 0 Å². The molecule has 3 nitrogen and oxygen atoms in total. The number of likely N-dealkylation sites (tertiary alicyclic amines) is 1. The van der Waals surface area contributed by atoms with Crippen molar-refractivity contribution >= 4 is 5.91 Å².